The van der Waals surface area contributed by atoms with Crippen molar-refractivity contribution >= 4 is 5.91 Å². The number of hydrogen-bond donors (Lipinski definition) is 1. The average Bonchev–Trinajstić information content (AvgIpc) is 2.65. The standard InChI is InChI=1S/C9H15F2NO2/c10-8(11)9(14)12(5-6-13)7-3-1-2-4-7/h7-8,13H,1-6H2. The van der Waals surface area contributed by atoms with Crippen LogP contribution in [0.5, 0.6) is 0 Å². The van der Waals surface area contributed by atoms with Crippen molar-refractivity contribution < 1.29 is 18.7 Å². The smallest absolute Gasteiger partial charge is 0.315 e. The Bertz CT molecular complexity index is 193. The summed E-state index contributed by atoms with van der Waals surface area (Å²) >= 11 is 0. The number of hydrogen-bond acceptors (Lipinski definition) is 2. The number of aliphatic hydroxyl groups excluding tert-OH is 1. The van der Waals surface area contributed by atoms with Crippen LogP contribution in [0.25, 0.3) is 0 Å². The normalized spacial score (nSPS) is 17.7. The number of halogens is 2. The minimum atomic E-state index is -2.96. The topological polar surface area (TPSA) is 40.5 Å². The number of amides is 1. The Morgan fingerprint density at radius 1 is 1.43 bits per heavy atom. The van der Waals surface area contributed by atoms with Gasteiger partial charge < -0.3 is 10.0 Å². The second-order valence-corrected chi connectivity index (χ2v) is 3.49. The van der Waals surface area contributed by atoms with Crippen LogP contribution in [0.4, 0.5) is 8.78 Å². The zero-order valence-corrected chi connectivity index (χ0v) is 7.96. The van der Waals surface area contributed by atoms with Gasteiger partial charge in [0.1, 0.15) is 0 Å². The quantitative estimate of drug-likeness (QED) is 0.747. The third-order valence-electron chi connectivity index (χ3n) is 2.58. The van der Waals surface area contributed by atoms with Crippen LogP contribution in [-0.2, 0) is 4.79 Å². The molecule has 0 atom stereocenters. The van der Waals surface area contributed by atoms with E-state index in [1.54, 1.807) is 0 Å². The Balaban J connectivity index is 2.57. The van der Waals surface area contributed by atoms with Crippen LogP contribution in [0, 0.1) is 0 Å². The summed E-state index contributed by atoms with van der Waals surface area (Å²) in [6.07, 6.45) is 0.547. The number of carbonyl (C=O) groups excluding carboxylic acids is 1. The fourth-order valence-electron chi connectivity index (χ4n) is 1.92. The lowest BCUT2D eigenvalue weighted by atomic mass is 10.2. The van der Waals surface area contributed by atoms with Crippen molar-refractivity contribution in [2.75, 3.05) is 13.2 Å². The van der Waals surface area contributed by atoms with E-state index in [9.17, 15) is 13.6 Å². The van der Waals surface area contributed by atoms with Crippen molar-refractivity contribution in [1.82, 2.24) is 4.90 Å². The first-order valence-corrected chi connectivity index (χ1v) is 4.86. The molecule has 1 N–H and O–H groups in total. The maximum Gasteiger partial charge on any atom is 0.315 e. The largest absolute Gasteiger partial charge is 0.395 e. The van der Waals surface area contributed by atoms with Gasteiger partial charge in [-0.05, 0) is 12.8 Å². The van der Waals surface area contributed by atoms with Gasteiger partial charge in [0.2, 0.25) is 0 Å². The van der Waals surface area contributed by atoms with E-state index < -0.39 is 12.3 Å². The SMILES string of the molecule is O=C(C(F)F)N(CCO)C1CCCC1. The van der Waals surface area contributed by atoms with E-state index in [-0.39, 0.29) is 19.2 Å². The number of aliphatic hydroxyl groups is 1. The van der Waals surface area contributed by atoms with E-state index in [2.05, 4.69) is 0 Å². The lowest BCUT2D eigenvalue weighted by Crippen LogP contribution is -2.43. The van der Waals surface area contributed by atoms with Crippen LogP contribution >= 0.6 is 0 Å². The summed E-state index contributed by atoms with van der Waals surface area (Å²) in [5.74, 6) is -1.15. The molecule has 1 saturated carbocycles. The highest BCUT2D eigenvalue weighted by molar-refractivity contribution is 5.79. The van der Waals surface area contributed by atoms with Crippen molar-refractivity contribution in [1.29, 1.82) is 0 Å². The molecule has 1 aliphatic carbocycles. The Morgan fingerprint density at radius 3 is 2.43 bits per heavy atom. The van der Waals surface area contributed by atoms with Crippen LogP contribution in [-0.4, -0.2) is 41.5 Å². The van der Waals surface area contributed by atoms with Gasteiger partial charge in [0.05, 0.1) is 6.61 Å². The minimum Gasteiger partial charge on any atom is -0.395 e. The summed E-state index contributed by atoms with van der Waals surface area (Å²) in [5, 5.41) is 8.69. The molecule has 0 aliphatic heterocycles. The van der Waals surface area contributed by atoms with Gasteiger partial charge in [0.15, 0.2) is 0 Å². The zero-order valence-electron chi connectivity index (χ0n) is 7.96. The predicted molar refractivity (Wildman–Crippen MR) is 47.1 cm³/mol. The summed E-state index contributed by atoms with van der Waals surface area (Å²) in [5.41, 5.74) is 0. The van der Waals surface area contributed by atoms with Crippen molar-refractivity contribution in [2.24, 2.45) is 0 Å². The molecule has 0 bridgehead atoms. The summed E-state index contributed by atoms with van der Waals surface area (Å²) in [4.78, 5) is 12.2. The lowest BCUT2D eigenvalue weighted by Gasteiger charge is -2.27. The number of nitrogens with zero attached hydrogens (tertiary/aromatic N) is 1. The molecule has 0 spiro atoms. The second kappa shape index (κ2) is 5.24. The van der Waals surface area contributed by atoms with Gasteiger partial charge in [0.25, 0.3) is 5.91 Å². The van der Waals surface area contributed by atoms with E-state index in [0.717, 1.165) is 30.6 Å². The molecule has 14 heavy (non-hydrogen) atoms. The number of carbonyl (C=O) groups is 1. The summed E-state index contributed by atoms with van der Waals surface area (Å²) in [6, 6.07) is -0.0938. The molecule has 0 radical (unpaired) electrons. The highest BCUT2D eigenvalue weighted by Crippen LogP contribution is 2.24. The third-order valence-corrected chi connectivity index (χ3v) is 2.58. The highest BCUT2D eigenvalue weighted by atomic mass is 19.3. The Kier molecular flexibility index (Phi) is 4.25. The van der Waals surface area contributed by atoms with Crippen molar-refractivity contribution in [2.45, 2.75) is 38.2 Å². The molecule has 0 aromatic carbocycles. The van der Waals surface area contributed by atoms with Crippen molar-refractivity contribution in [3.8, 4) is 0 Å². The van der Waals surface area contributed by atoms with Crippen molar-refractivity contribution in [3.05, 3.63) is 0 Å². The first-order chi connectivity index (χ1) is 6.66. The predicted octanol–water partition coefficient (Wildman–Crippen LogP) is 1.01. The number of alkyl halides is 2. The molecule has 0 saturated heterocycles. The lowest BCUT2D eigenvalue weighted by molar-refractivity contribution is -0.145. The van der Waals surface area contributed by atoms with E-state index in [1.807, 2.05) is 0 Å². The molecular weight excluding hydrogens is 192 g/mol. The average molecular weight is 207 g/mol. The molecule has 82 valence electrons. The second-order valence-electron chi connectivity index (χ2n) is 3.49. The maximum atomic E-state index is 12.2. The van der Waals surface area contributed by atoms with E-state index in [1.165, 1.54) is 0 Å². The monoisotopic (exact) mass is 207 g/mol. The van der Waals surface area contributed by atoms with Gasteiger partial charge in [-0.15, -0.1) is 0 Å². The van der Waals surface area contributed by atoms with Gasteiger partial charge in [0, 0.05) is 12.6 Å². The van der Waals surface area contributed by atoms with Gasteiger partial charge in [-0.1, -0.05) is 12.8 Å². The molecule has 1 fully saturated rings. The number of rotatable bonds is 4. The van der Waals surface area contributed by atoms with Gasteiger partial charge in [-0.3, -0.25) is 4.79 Å². The van der Waals surface area contributed by atoms with Crippen LogP contribution in [0.1, 0.15) is 25.7 Å². The Morgan fingerprint density at radius 2 is 2.00 bits per heavy atom. The summed E-state index contributed by atoms with van der Waals surface area (Å²) < 4.78 is 24.4. The van der Waals surface area contributed by atoms with Gasteiger partial charge >= 0.3 is 6.43 Å². The summed E-state index contributed by atoms with van der Waals surface area (Å²) in [7, 11) is 0. The molecule has 0 heterocycles. The molecule has 1 aliphatic rings. The summed E-state index contributed by atoms with van der Waals surface area (Å²) in [6.45, 7) is -0.233. The first kappa shape index (κ1) is 11.4. The van der Waals surface area contributed by atoms with E-state index in [0.29, 0.717) is 0 Å². The molecule has 1 amide bonds. The molecule has 5 heteroatoms. The van der Waals surface area contributed by atoms with Crippen LogP contribution in [0.2, 0.25) is 0 Å². The molecule has 1 rings (SSSR count). The van der Waals surface area contributed by atoms with Gasteiger partial charge in [-0.2, -0.15) is 8.78 Å². The van der Waals surface area contributed by atoms with Crippen molar-refractivity contribution in [3.63, 3.8) is 0 Å². The Labute approximate surface area is 81.7 Å². The zero-order chi connectivity index (χ0) is 10.6. The third kappa shape index (κ3) is 2.64. The van der Waals surface area contributed by atoms with Crippen LogP contribution in [0.15, 0.2) is 0 Å². The molecule has 3 nitrogen and oxygen atoms in total. The minimum absolute atomic E-state index is 0.0217. The Hall–Kier alpha value is -0.710. The van der Waals surface area contributed by atoms with Crippen LogP contribution in [0.3, 0.4) is 0 Å². The molecule has 0 unspecified atom stereocenters. The molecule has 0 aromatic heterocycles. The fraction of sp³-hybridized carbons (Fsp3) is 0.889. The highest BCUT2D eigenvalue weighted by Gasteiger charge is 2.30. The maximum absolute atomic E-state index is 12.2. The first-order valence-electron chi connectivity index (χ1n) is 4.86. The van der Waals surface area contributed by atoms with E-state index >= 15 is 0 Å². The molecular formula is C9H15F2NO2. The van der Waals surface area contributed by atoms with Crippen LogP contribution < -0.4 is 0 Å². The molecule has 0 aromatic rings. The fourth-order valence-corrected chi connectivity index (χ4v) is 1.92. The van der Waals surface area contributed by atoms with Gasteiger partial charge in [-0.25, -0.2) is 0 Å². The van der Waals surface area contributed by atoms with E-state index in [4.69, 9.17) is 5.11 Å².